The Kier molecular flexibility index (Phi) is 9.54. The summed E-state index contributed by atoms with van der Waals surface area (Å²) in [6.07, 6.45) is 10.2. The van der Waals surface area contributed by atoms with Crippen LogP contribution in [0.5, 0.6) is 5.75 Å². The number of hydrogen-bond acceptors (Lipinski definition) is 7. The number of nitrogens with zero attached hydrogens (tertiary/aromatic N) is 3. The minimum absolute atomic E-state index is 0.0351. The fourth-order valence-electron chi connectivity index (χ4n) is 8.76. The molecule has 6 atom stereocenters. The average molecular weight is 705 g/mol. The summed E-state index contributed by atoms with van der Waals surface area (Å²) in [6.45, 7) is 8.90. The number of likely N-dealkylation sites (tertiary alicyclic amines) is 1. The van der Waals surface area contributed by atoms with E-state index in [0.29, 0.717) is 43.5 Å². The maximum atomic E-state index is 14.5. The molecule has 7 rings (SSSR count). The van der Waals surface area contributed by atoms with E-state index < -0.39 is 27.5 Å². The number of anilines is 1. The topological polar surface area (TPSA) is 110 Å². The molecule has 5 aliphatic rings. The van der Waals surface area contributed by atoms with Crippen LogP contribution in [0.25, 0.3) is 0 Å². The van der Waals surface area contributed by atoms with Crippen LogP contribution in [-0.2, 0) is 31.2 Å². The van der Waals surface area contributed by atoms with Gasteiger partial charge in [0.05, 0.1) is 37.2 Å². The molecule has 11 heteroatoms. The first-order chi connectivity index (χ1) is 23.9. The van der Waals surface area contributed by atoms with E-state index in [2.05, 4.69) is 51.3 Å². The molecular weight excluding hydrogens is 653 g/mol. The molecule has 1 spiro atoms. The molecule has 50 heavy (non-hydrogen) atoms. The van der Waals surface area contributed by atoms with E-state index in [1.54, 1.807) is 20.3 Å². The first-order valence-electron chi connectivity index (χ1n) is 18.1. The van der Waals surface area contributed by atoms with Crippen molar-refractivity contribution in [1.29, 1.82) is 0 Å². The van der Waals surface area contributed by atoms with Crippen molar-refractivity contribution in [2.45, 2.75) is 76.4 Å². The lowest BCUT2D eigenvalue weighted by Gasteiger charge is -2.46. The number of aryl methyl sites for hydroxylation is 2. The van der Waals surface area contributed by atoms with E-state index in [1.807, 2.05) is 26.0 Å². The molecule has 10 nitrogen and oxygen atoms in total. The fourth-order valence-corrected chi connectivity index (χ4v) is 10.6. The molecule has 0 radical (unpaired) electrons. The monoisotopic (exact) mass is 704 g/mol. The zero-order valence-electron chi connectivity index (χ0n) is 30.1. The highest BCUT2D eigenvalue weighted by Crippen LogP contribution is 2.47. The van der Waals surface area contributed by atoms with Crippen molar-refractivity contribution in [3.63, 3.8) is 0 Å². The molecule has 1 saturated heterocycles. The van der Waals surface area contributed by atoms with Crippen LogP contribution in [0.15, 0.2) is 52.9 Å². The quantitative estimate of drug-likeness (QED) is 0.387. The molecule has 2 aliphatic carbocycles. The summed E-state index contributed by atoms with van der Waals surface area (Å²) in [7, 11) is -0.0833. The summed E-state index contributed by atoms with van der Waals surface area (Å²) in [5.74, 6) is 0.819. The number of benzene rings is 2. The number of ether oxygens (including phenoxy) is 3. The van der Waals surface area contributed by atoms with Crippen molar-refractivity contribution >= 4 is 27.5 Å². The van der Waals surface area contributed by atoms with Gasteiger partial charge >= 0.3 is 6.03 Å². The van der Waals surface area contributed by atoms with Gasteiger partial charge in [-0.15, -0.1) is 4.36 Å². The first kappa shape index (κ1) is 35.0. The summed E-state index contributed by atoms with van der Waals surface area (Å²) >= 11 is 0. The van der Waals surface area contributed by atoms with Crippen LogP contribution in [0.1, 0.15) is 73.0 Å². The maximum Gasteiger partial charge on any atom is 0.330 e. The summed E-state index contributed by atoms with van der Waals surface area (Å²) < 4.78 is 39.7. The number of nitrogens with one attached hydrogen (secondary N) is 1. The number of amides is 3. The average Bonchev–Trinajstić information content (AvgIpc) is 3.20. The Labute approximate surface area is 297 Å². The van der Waals surface area contributed by atoms with Crippen molar-refractivity contribution in [2.24, 2.45) is 22.1 Å². The minimum Gasteiger partial charge on any atom is -0.490 e. The normalized spacial score (nSPS) is 32.6. The van der Waals surface area contributed by atoms with Gasteiger partial charge < -0.3 is 24.0 Å². The summed E-state index contributed by atoms with van der Waals surface area (Å²) in [6, 6.07) is 11.8. The van der Waals surface area contributed by atoms with Gasteiger partial charge in [0.1, 0.15) is 21.3 Å². The van der Waals surface area contributed by atoms with E-state index in [-0.39, 0.29) is 23.2 Å². The number of fused-ring (bicyclic) bond motifs is 4. The van der Waals surface area contributed by atoms with Crippen LogP contribution in [0.4, 0.5) is 10.5 Å². The number of hydrogen-bond donors (Lipinski definition) is 1. The molecule has 2 fully saturated rings. The Morgan fingerprint density at radius 2 is 1.94 bits per heavy atom. The third kappa shape index (κ3) is 6.80. The Balaban J connectivity index is 1.27. The van der Waals surface area contributed by atoms with Crippen LogP contribution < -0.4 is 14.4 Å². The van der Waals surface area contributed by atoms with Crippen LogP contribution >= 0.6 is 0 Å². The van der Waals surface area contributed by atoms with E-state index in [1.165, 1.54) is 21.6 Å². The SMILES string of the molecule is CO[C@H]1/C=C/C[C@H](C)CS(=O)(NC(=O)N2CC(C)(OC)C2)=NC(=O)c2ccc3c(c2)N(C[C@@H]2CC[C@H]21)C[C@@]1(CCCc2cc(C)ccc21)CO3. The van der Waals surface area contributed by atoms with Gasteiger partial charge in [0.2, 0.25) is 0 Å². The predicted molar refractivity (Wildman–Crippen MR) is 195 cm³/mol. The molecule has 1 N–H and O–H groups in total. The predicted octanol–water partition coefficient (Wildman–Crippen LogP) is 6.06. The van der Waals surface area contributed by atoms with E-state index in [9.17, 15) is 13.8 Å². The Bertz CT molecular complexity index is 1800. The molecule has 2 aromatic carbocycles. The van der Waals surface area contributed by atoms with E-state index in [4.69, 9.17) is 14.2 Å². The van der Waals surface area contributed by atoms with Crippen LogP contribution in [0.3, 0.4) is 0 Å². The maximum absolute atomic E-state index is 14.5. The zero-order chi connectivity index (χ0) is 35.3. The van der Waals surface area contributed by atoms with Crippen molar-refractivity contribution in [2.75, 3.05) is 57.7 Å². The summed E-state index contributed by atoms with van der Waals surface area (Å²) in [5.41, 5.74) is 4.57. The van der Waals surface area contributed by atoms with Gasteiger partial charge in [0.25, 0.3) is 5.91 Å². The Hall–Kier alpha value is -3.41. The smallest absolute Gasteiger partial charge is 0.330 e. The molecule has 2 bridgehead atoms. The van der Waals surface area contributed by atoms with Crippen molar-refractivity contribution < 1.29 is 28.0 Å². The molecule has 0 aromatic heterocycles. The highest BCUT2D eigenvalue weighted by atomic mass is 32.2. The van der Waals surface area contributed by atoms with Gasteiger partial charge in [-0.2, -0.15) is 0 Å². The van der Waals surface area contributed by atoms with E-state index in [0.717, 1.165) is 56.6 Å². The molecule has 3 heterocycles. The third-order valence-corrected chi connectivity index (χ3v) is 13.8. The molecule has 3 amide bonds. The van der Waals surface area contributed by atoms with Gasteiger partial charge in [-0.05, 0) is 99.5 Å². The number of methoxy groups -OCH3 is 2. The molecular formula is C39H52N4O6S. The lowest BCUT2D eigenvalue weighted by atomic mass is 9.68. The molecule has 3 aliphatic heterocycles. The van der Waals surface area contributed by atoms with Crippen LogP contribution in [-0.4, -0.2) is 85.5 Å². The fraction of sp³-hybridized carbons (Fsp3) is 0.590. The first-order valence-corrected chi connectivity index (χ1v) is 19.8. The van der Waals surface area contributed by atoms with Gasteiger partial charge in [-0.1, -0.05) is 42.8 Å². The zero-order valence-corrected chi connectivity index (χ0v) is 30.9. The second-order valence-electron chi connectivity index (χ2n) is 15.7. The second-order valence-corrected chi connectivity index (χ2v) is 17.7. The van der Waals surface area contributed by atoms with Gasteiger partial charge in [-0.3, -0.25) is 9.52 Å². The summed E-state index contributed by atoms with van der Waals surface area (Å²) in [4.78, 5) is 31.2. The number of carbonyl (C=O) groups excluding carboxylic acids is 2. The minimum atomic E-state index is -3.47. The molecule has 1 saturated carbocycles. The number of rotatable bonds is 3. The van der Waals surface area contributed by atoms with Gasteiger partial charge in [0, 0.05) is 38.3 Å². The number of allylic oxidation sites excluding steroid dienone is 1. The largest absolute Gasteiger partial charge is 0.490 e. The third-order valence-electron chi connectivity index (χ3n) is 11.8. The van der Waals surface area contributed by atoms with Crippen molar-refractivity contribution in [3.8, 4) is 5.75 Å². The molecule has 2 aromatic rings. The standard InChI is InChI=1S/C39H52N4O6S/c1-26-11-15-32-28(18-26)9-7-17-39(32)24-42-20-30-12-14-31(30)34(47-4)10-6-8-27(2)21-50(46,41-37(45)43-22-38(3,23-43)48-5)40-36(44)29-13-16-35(49-25-39)33(42)19-29/h6,10-11,13,15-16,18-19,27,30-31,34H,7-9,12,14,17,20-25H2,1-5H3,(H,40,41,44,45,46)/b10-6+/t27-,30-,31+,34-,39-,50?/m0/s1. The second kappa shape index (κ2) is 13.6. The lowest BCUT2D eigenvalue weighted by molar-refractivity contribution is -0.0902. The highest BCUT2D eigenvalue weighted by molar-refractivity contribution is 7.92. The highest BCUT2D eigenvalue weighted by Gasteiger charge is 2.45. The number of urea groups is 1. The van der Waals surface area contributed by atoms with Gasteiger partial charge in [-0.25, -0.2) is 9.00 Å². The van der Waals surface area contributed by atoms with Crippen molar-refractivity contribution in [1.82, 2.24) is 9.62 Å². The Morgan fingerprint density at radius 3 is 2.68 bits per heavy atom. The molecule has 270 valence electrons. The van der Waals surface area contributed by atoms with Crippen molar-refractivity contribution in [3.05, 3.63) is 70.8 Å². The van der Waals surface area contributed by atoms with Crippen LogP contribution in [0.2, 0.25) is 0 Å². The Morgan fingerprint density at radius 1 is 1.12 bits per heavy atom. The van der Waals surface area contributed by atoms with Crippen LogP contribution in [0, 0.1) is 24.7 Å². The van der Waals surface area contributed by atoms with E-state index >= 15 is 0 Å². The number of carbonyl (C=O) groups is 2. The summed E-state index contributed by atoms with van der Waals surface area (Å²) in [5, 5.41) is 0. The van der Waals surface area contributed by atoms with Gasteiger partial charge in [0.15, 0.2) is 0 Å². The lowest BCUT2D eigenvalue weighted by Crippen LogP contribution is -2.65. The molecule has 1 unspecified atom stereocenters.